The normalized spacial score (nSPS) is 12.9. The van der Waals surface area contributed by atoms with Gasteiger partial charge in [-0.1, -0.05) is 36.7 Å². The number of benzene rings is 2. The van der Waals surface area contributed by atoms with Crippen LogP contribution in [0, 0.1) is 0 Å². The zero-order valence-corrected chi connectivity index (χ0v) is 23.0. The zero-order valence-electron chi connectivity index (χ0n) is 21.4. The van der Waals surface area contributed by atoms with E-state index in [0.29, 0.717) is 22.8 Å². The number of nitrogens with one attached hydrogen (secondary N) is 1. The highest BCUT2D eigenvalue weighted by Crippen LogP contribution is 2.34. The molecule has 2 amide bonds. The Balaban J connectivity index is 2.49. The fourth-order valence-corrected chi connectivity index (χ4v) is 4.49. The number of hydrogen-bond donors (Lipinski definition) is 1. The molecule has 11 heteroatoms. The van der Waals surface area contributed by atoms with Crippen molar-refractivity contribution in [3.8, 4) is 11.5 Å². The number of sulfonamides is 1. The van der Waals surface area contributed by atoms with Crippen LogP contribution in [0.2, 0.25) is 5.02 Å². The molecular weight excluding hydrogens is 506 g/mol. The molecule has 198 valence electrons. The Bertz CT molecular complexity index is 1170. The van der Waals surface area contributed by atoms with Gasteiger partial charge in [0.25, 0.3) is 0 Å². The van der Waals surface area contributed by atoms with E-state index in [9.17, 15) is 18.0 Å². The van der Waals surface area contributed by atoms with Crippen LogP contribution in [0.4, 0.5) is 5.69 Å². The predicted molar refractivity (Wildman–Crippen MR) is 141 cm³/mol. The first-order valence-electron chi connectivity index (χ1n) is 11.5. The van der Waals surface area contributed by atoms with E-state index in [-0.39, 0.29) is 29.9 Å². The molecule has 0 aliphatic heterocycles. The van der Waals surface area contributed by atoms with Gasteiger partial charge in [0.05, 0.1) is 26.2 Å². The first-order valence-corrected chi connectivity index (χ1v) is 13.7. The van der Waals surface area contributed by atoms with Gasteiger partial charge in [-0.25, -0.2) is 8.42 Å². The number of halogens is 1. The molecule has 1 N–H and O–H groups in total. The van der Waals surface area contributed by atoms with E-state index in [4.69, 9.17) is 21.1 Å². The Kier molecular flexibility index (Phi) is 10.4. The molecule has 0 bridgehead atoms. The van der Waals surface area contributed by atoms with E-state index in [1.165, 1.54) is 25.2 Å². The molecule has 0 unspecified atom stereocenters. The number of methoxy groups -OCH3 is 2. The van der Waals surface area contributed by atoms with Gasteiger partial charge in [-0.2, -0.15) is 0 Å². The quantitative estimate of drug-likeness (QED) is 0.443. The smallest absolute Gasteiger partial charge is 0.244 e. The molecule has 0 heterocycles. The van der Waals surface area contributed by atoms with Gasteiger partial charge in [0.15, 0.2) is 0 Å². The molecule has 0 fully saturated rings. The van der Waals surface area contributed by atoms with Crippen LogP contribution in [0.3, 0.4) is 0 Å². The third kappa shape index (κ3) is 7.51. The van der Waals surface area contributed by atoms with E-state index < -0.39 is 28.5 Å². The van der Waals surface area contributed by atoms with Crippen molar-refractivity contribution < 1.29 is 27.5 Å². The van der Waals surface area contributed by atoms with Gasteiger partial charge >= 0.3 is 0 Å². The lowest BCUT2D eigenvalue weighted by Crippen LogP contribution is -2.52. The first-order chi connectivity index (χ1) is 16.9. The number of hydrogen-bond acceptors (Lipinski definition) is 6. The summed E-state index contributed by atoms with van der Waals surface area (Å²) in [5, 5.41) is 3.31. The summed E-state index contributed by atoms with van der Waals surface area (Å²) >= 11 is 6.34. The van der Waals surface area contributed by atoms with Crippen LogP contribution in [0.1, 0.15) is 32.8 Å². The van der Waals surface area contributed by atoms with E-state index in [1.807, 2.05) is 13.8 Å². The molecule has 0 aliphatic rings. The third-order valence-electron chi connectivity index (χ3n) is 5.80. The van der Waals surface area contributed by atoms with Crippen molar-refractivity contribution in [1.82, 2.24) is 10.2 Å². The molecule has 0 radical (unpaired) electrons. The largest absolute Gasteiger partial charge is 0.497 e. The van der Waals surface area contributed by atoms with Crippen LogP contribution in [-0.4, -0.2) is 64.2 Å². The minimum atomic E-state index is -3.93. The lowest BCUT2D eigenvalue weighted by molar-refractivity contribution is -0.139. The van der Waals surface area contributed by atoms with Gasteiger partial charge in [-0.05, 0) is 44.0 Å². The molecule has 9 nitrogen and oxygen atoms in total. The SMILES string of the molecule is CC[C@@H](C)NC(=O)[C@H](C)N(Cc1ccccc1Cl)C(=O)CN(c1cc(OC)ccc1OC)S(C)(=O)=O. The highest BCUT2D eigenvalue weighted by molar-refractivity contribution is 7.92. The van der Waals surface area contributed by atoms with Crippen molar-refractivity contribution in [2.45, 2.75) is 45.8 Å². The third-order valence-corrected chi connectivity index (χ3v) is 7.30. The molecule has 0 spiro atoms. The Morgan fingerprint density at radius 1 is 1.08 bits per heavy atom. The number of amides is 2. The fraction of sp³-hybridized carbons (Fsp3) is 0.440. The molecular formula is C25H34ClN3O6S. The van der Waals surface area contributed by atoms with Crippen LogP contribution < -0.4 is 19.1 Å². The van der Waals surface area contributed by atoms with E-state index in [1.54, 1.807) is 43.3 Å². The summed E-state index contributed by atoms with van der Waals surface area (Å²) in [6.07, 6.45) is 1.71. The first kappa shape index (κ1) is 29.3. The van der Waals surface area contributed by atoms with Gasteiger partial charge in [0, 0.05) is 23.7 Å². The minimum Gasteiger partial charge on any atom is -0.497 e. The summed E-state index contributed by atoms with van der Waals surface area (Å²) in [4.78, 5) is 28.0. The zero-order chi connectivity index (χ0) is 27.0. The highest BCUT2D eigenvalue weighted by Gasteiger charge is 2.32. The summed E-state index contributed by atoms with van der Waals surface area (Å²) in [5.74, 6) is -0.304. The van der Waals surface area contributed by atoms with Crippen LogP contribution in [-0.2, 0) is 26.2 Å². The maximum absolute atomic E-state index is 13.7. The summed E-state index contributed by atoms with van der Waals surface area (Å²) in [6.45, 7) is 4.86. The second-order valence-electron chi connectivity index (χ2n) is 8.41. The highest BCUT2D eigenvalue weighted by atomic mass is 35.5. The van der Waals surface area contributed by atoms with Crippen molar-refractivity contribution >= 4 is 39.1 Å². The van der Waals surface area contributed by atoms with E-state index in [0.717, 1.165) is 10.6 Å². The maximum Gasteiger partial charge on any atom is 0.244 e. The topological polar surface area (TPSA) is 105 Å². The fourth-order valence-electron chi connectivity index (χ4n) is 3.44. The second-order valence-corrected chi connectivity index (χ2v) is 10.7. The maximum atomic E-state index is 13.7. The Hall–Kier alpha value is -2.98. The van der Waals surface area contributed by atoms with Crippen LogP contribution in [0.25, 0.3) is 0 Å². The Morgan fingerprint density at radius 3 is 2.31 bits per heavy atom. The summed E-state index contributed by atoms with van der Waals surface area (Å²) in [5.41, 5.74) is 0.766. The molecule has 2 atom stereocenters. The van der Waals surface area contributed by atoms with E-state index >= 15 is 0 Å². The van der Waals surface area contributed by atoms with Crippen molar-refractivity contribution in [3.05, 3.63) is 53.1 Å². The van der Waals surface area contributed by atoms with Crippen LogP contribution in [0.5, 0.6) is 11.5 Å². The van der Waals surface area contributed by atoms with Gasteiger partial charge in [-0.3, -0.25) is 13.9 Å². The van der Waals surface area contributed by atoms with Crippen LogP contribution >= 0.6 is 11.6 Å². The predicted octanol–water partition coefficient (Wildman–Crippen LogP) is 3.46. The van der Waals surface area contributed by atoms with Crippen molar-refractivity contribution in [2.75, 3.05) is 31.3 Å². The van der Waals surface area contributed by atoms with Gasteiger partial charge in [0.2, 0.25) is 21.8 Å². The summed E-state index contributed by atoms with van der Waals surface area (Å²) in [6, 6.07) is 10.6. The summed E-state index contributed by atoms with van der Waals surface area (Å²) < 4.78 is 37.2. The minimum absolute atomic E-state index is 0.0143. The molecule has 2 aromatic rings. The molecule has 0 saturated heterocycles. The number of carbonyl (C=O) groups excluding carboxylic acids is 2. The molecule has 2 rings (SSSR count). The Morgan fingerprint density at radius 2 is 1.75 bits per heavy atom. The second kappa shape index (κ2) is 12.8. The van der Waals surface area contributed by atoms with E-state index in [2.05, 4.69) is 5.32 Å². The molecule has 2 aromatic carbocycles. The number of carbonyl (C=O) groups is 2. The molecule has 36 heavy (non-hydrogen) atoms. The standard InChI is InChI=1S/C25H34ClN3O6S/c1-7-17(2)27-25(31)18(3)28(15-19-10-8-9-11-21(19)26)24(30)16-29(36(6,32)33)22-14-20(34-4)12-13-23(22)35-5/h8-14,17-18H,7,15-16H2,1-6H3,(H,27,31)/t17-,18+/m1/s1. The lowest BCUT2D eigenvalue weighted by atomic mass is 10.1. The Labute approximate surface area is 218 Å². The number of ether oxygens (including phenoxy) is 2. The van der Waals surface area contributed by atoms with Crippen molar-refractivity contribution in [1.29, 1.82) is 0 Å². The van der Waals surface area contributed by atoms with Crippen molar-refractivity contribution in [2.24, 2.45) is 0 Å². The number of anilines is 1. The number of nitrogens with zero attached hydrogens (tertiary/aromatic N) is 2. The molecule has 0 saturated carbocycles. The van der Waals surface area contributed by atoms with Gasteiger partial charge < -0.3 is 19.7 Å². The van der Waals surface area contributed by atoms with Gasteiger partial charge in [-0.15, -0.1) is 0 Å². The summed E-state index contributed by atoms with van der Waals surface area (Å²) in [7, 11) is -1.08. The number of rotatable bonds is 12. The average Bonchev–Trinajstić information content (AvgIpc) is 2.84. The molecule has 0 aromatic heterocycles. The van der Waals surface area contributed by atoms with Crippen LogP contribution in [0.15, 0.2) is 42.5 Å². The monoisotopic (exact) mass is 539 g/mol. The van der Waals surface area contributed by atoms with Crippen molar-refractivity contribution in [3.63, 3.8) is 0 Å². The molecule has 0 aliphatic carbocycles. The average molecular weight is 540 g/mol. The lowest BCUT2D eigenvalue weighted by Gasteiger charge is -2.32. The van der Waals surface area contributed by atoms with Gasteiger partial charge in [0.1, 0.15) is 24.1 Å².